The van der Waals surface area contributed by atoms with Gasteiger partial charge in [0, 0.05) is 12.6 Å². The Bertz CT molecular complexity index is 802. The highest BCUT2D eigenvalue weighted by Crippen LogP contribution is 2.35. The number of phenolic OH excluding ortho intramolecular Hbond substituents is 1. The minimum Gasteiger partial charge on any atom is -0.505 e. The summed E-state index contributed by atoms with van der Waals surface area (Å²) in [5.74, 6) is -2.37. The van der Waals surface area contributed by atoms with E-state index in [9.17, 15) is 19.5 Å². The molecule has 1 heterocycles. The third kappa shape index (κ3) is 3.95. The standard InChI is InChI=1S/C17H20N2O8/c1-25-9-6-10(16(23)26-2)14(21)12(7-9)18-13-11(17(24)27-3)8-19(4-5-20)15(13)22/h6-7,18,20-21H,4-5,8H2,1-3H3. The smallest absolute Gasteiger partial charge is 0.341 e. The molecule has 0 fully saturated rings. The van der Waals surface area contributed by atoms with Gasteiger partial charge in [-0.2, -0.15) is 0 Å². The van der Waals surface area contributed by atoms with Crippen molar-refractivity contribution in [3.8, 4) is 11.5 Å². The first-order chi connectivity index (χ1) is 12.9. The molecule has 0 atom stereocenters. The summed E-state index contributed by atoms with van der Waals surface area (Å²) in [6.45, 7) is -0.338. The normalized spacial score (nSPS) is 13.6. The molecule has 2 rings (SSSR count). The Morgan fingerprint density at radius 1 is 1.19 bits per heavy atom. The second-order valence-corrected chi connectivity index (χ2v) is 5.48. The van der Waals surface area contributed by atoms with Gasteiger partial charge in [0.1, 0.15) is 17.0 Å². The molecule has 0 aromatic heterocycles. The fraction of sp³-hybridized carbons (Fsp3) is 0.353. The maximum atomic E-state index is 12.6. The number of hydrogen-bond acceptors (Lipinski definition) is 9. The molecule has 10 nitrogen and oxygen atoms in total. The molecule has 1 aromatic rings. The second kappa shape index (κ2) is 8.41. The molecule has 0 unspecified atom stereocenters. The van der Waals surface area contributed by atoms with E-state index in [1.165, 1.54) is 31.3 Å². The Morgan fingerprint density at radius 3 is 2.41 bits per heavy atom. The van der Waals surface area contributed by atoms with E-state index < -0.39 is 23.6 Å². The van der Waals surface area contributed by atoms with Crippen molar-refractivity contribution >= 4 is 23.5 Å². The van der Waals surface area contributed by atoms with Crippen LogP contribution in [0.1, 0.15) is 10.4 Å². The van der Waals surface area contributed by atoms with Crippen LogP contribution in [-0.4, -0.2) is 74.0 Å². The third-order valence-electron chi connectivity index (χ3n) is 3.94. The summed E-state index contributed by atoms with van der Waals surface area (Å²) in [5.41, 5.74) is -0.324. The van der Waals surface area contributed by atoms with Crippen molar-refractivity contribution in [3.63, 3.8) is 0 Å². The molecule has 27 heavy (non-hydrogen) atoms. The van der Waals surface area contributed by atoms with E-state index in [4.69, 9.17) is 14.6 Å². The van der Waals surface area contributed by atoms with Crippen molar-refractivity contribution in [1.82, 2.24) is 4.90 Å². The van der Waals surface area contributed by atoms with Crippen LogP contribution in [0.2, 0.25) is 0 Å². The number of phenols is 1. The second-order valence-electron chi connectivity index (χ2n) is 5.48. The van der Waals surface area contributed by atoms with Crippen LogP contribution >= 0.6 is 0 Å². The van der Waals surface area contributed by atoms with Crippen LogP contribution in [0.3, 0.4) is 0 Å². The predicted octanol–water partition coefficient (Wildman–Crippen LogP) is -0.139. The number of methoxy groups -OCH3 is 3. The third-order valence-corrected chi connectivity index (χ3v) is 3.94. The molecule has 1 aliphatic rings. The average Bonchev–Trinajstić information content (AvgIpc) is 2.98. The van der Waals surface area contributed by atoms with Gasteiger partial charge in [0.05, 0.1) is 45.7 Å². The lowest BCUT2D eigenvalue weighted by Crippen LogP contribution is -2.31. The zero-order valence-electron chi connectivity index (χ0n) is 15.1. The molecule has 1 aliphatic heterocycles. The van der Waals surface area contributed by atoms with E-state index in [1.54, 1.807) is 0 Å². The van der Waals surface area contributed by atoms with Crippen LogP contribution < -0.4 is 10.1 Å². The molecule has 3 N–H and O–H groups in total. The van der Waals surface area contributed by atoms with Crippen molar-refractivity contribution in [1.29, 1.82) is 0 Å². The van der Waals surface area contributed by atoms with Gasteiger partial charge < -0.3 is 34.6 Å². The first-order valence-electron chi connectivity index (χ1n) is 7.85. The number of anilines is 1. The zero-order valence-corrected chi connectivity index (χ0v) is 15.1. The molecule has 0 radical (unpaired) electrons. The fourth-order valence-corrected chi connectivity index (χ4v) is 2.57. The van der Waals surface area contributed by atoms with Crippen molar-refractivity contribution in [2.24, 2.45) is 0 Å². The Labute approximate surface area is 154 Å². The summed E-state index contributed by atoms with van der Waals surface area (Å²) in [7, 11) is 3.68. The first-order valence-corrected chi connectivity index (χ1v) is 7.85. The van der Waals surface area contributed by atoms with Crippen LogP contribution in [0.15, 0.2) is 23.4 Å². The number of esters is 2. The SMILES string of the molecule is COC(=O)C1=C(Nc2cc(OC)cc(C(=O)OC)c2O)C(=O)N(CCO)C1. The highest BCUT2D eigenvalue weighted by atomic mass is 16.5. The van der Waals surface area contributed by atoms with E-state index in [1.807, 2.05) is 0 Å². The molecule has 146 valence electrons. The summed E-state index contributed by atoms with van der Waals surface area (Å²) in [6, 6.07) is 2.63. The van der Waals surface area contributed by atoms with Gasteiger partial charge >= 0.3 is 11.9 Å². The number of aliphatic hydroxyl groups is 1. The fourth-order valence-electron chi connectivity index (χ4n) is 2.57. The number of β-amino-alcohol motifs (C(OH)–C–C–N with tert-alkyl or cyclic N) is 1. The van der Waals surface area contributed by atoms with Crippen LogP contribution in [0.5, 0.6) is 11.5 Å². The lowest BCUT2D eigenvalue weighted by molar-refractivity contribution is -0.136. The van der Waals surface area contributed by atoms with Gasteiger partial charge in [0.2, 0.25) is 0 Å². The number of amides is 1. The van der Waals surface area contributed by atoms with Gasteiger partial charge in [0.25, 0.3) is 5.91 Å². The average molecular weight is 380 g/mol. The van der Waals surface area contributed by atoms with Gasteiger partial charge in [-0.25, -0.2) is 9.59 Å². The molecule has 0 aliphatic carbocycles. The number of nitrogens with zero attached hydrogens (tertiary/aromatic N) is 1. The monoisotopic (exact) mass is 380 g/mol. The number of aliphatic hydroxyl groups excluding tert-OH is 1. The van der Waals surface area contributed by atoms with Crippen molar-refractivity contribution in [3.05, 3.63) is 29.0 Å². The van der Waals surface area contributed by atoms with Gasteiger partial charge in [0.15, 0.2) is 5.75 Å². The number of carbonyl (C=O) groups excluding carboxylic acids is 3. The number of rotatable bonds is 7. The first kappa shape index (κ1) is 20.0. The van der Waals surface area contributed by atoms with E-state index >= 15 is 0 Å². The lowest BCUT2D eigenvalue weighted by atomic mass is 10.1. The van der Waals surface area contributed by atoms with Crippen LogP contribution in [0.4, 0.5) is 5.69 Å². The Kier molecular flexibility index (Phi) is 6.24. The van der Waals surface area contributed by atoms with Gasteiger partial charge in [-0.15, -0.1) is 0 Å². The molecule has 1 aromatic carbocycles. The summed E-state index contributed by atoms with van der Waals surface area (Å²) in [6.07, 6.45) is 0. The van der Waals surface area contributed by atoms with E-state index in [0.29, 0.717) is 0 Å². The molecule has 0 spiro atoms. The van der Waals surface area contributed by atoms with Crippen LogP contribution in [0.25, 0.3) is 0 Å². The lowest BCUT2D eigenvalue weighted by Gasteiger charge is -2.16. The highest BCUT2D eigenvalue weighted by Gasteiger charge is 2.35. The van der Waals surface area contributed by atoms with E-state index in [0.717, 1.165) is 7.11 Å². The van der Waals surface area contributed by atoms with Crippen LogP contribution in [-0.2, 0) is 19.1 Å². The molecular formula is C17H20N2O8. The largest absolute Gasteiger partial charge is 0.505 e. The highest BCUT2D eigenvalue weighted by molar-refractivity contribution is 6.09. The minimum absolute atomic E-state index is 0.0159. The van der Waals surface area contributed by atoms with Crippen molar-refractivity contribution < 1.29 is 38.8 Å². The van der Waals surface area contributed by atoms with Crippen LogP contribution in [0, 0.1) is 0 Å². The Morgan fingerprint density at radius 2 is 1.85 bits per heavy atom. The predicted molar refractivity (Wildman–Crippen MR) is 92.3 cm³/mol. The summed E-state index contributed by atoms with van der Waals surface area (Å²) in [5, 5.41) is 22.1. The number of hydrogen-bond donors (Lipinski definition) is 3. The number of nitrogens with one attached hydrogen (secondary N) is 1. The molecular weight excluding hydrogens is 360 g/mol. The van der Waals surface area contributed by atoms with E-state index in [2.05, 4.69) is 10.1 Å². The summed E-state index contributed by atoms with van der Waals surface area (Å²) < 4.78 is 14.4. The minimum atomic E-state index is -0.809. The maximum Gasteiger partial charge on any atom is 0.341 e. The number of aromatic hydroxyl groups is 1. The quantitative estimate of drug-likeness (QED) is 0.436. The number of benzene rings is 1. The zero-order chi connectivity index (χ0) is 20.1. The number of carbonyl (C=O) groups is 3. The Hall–Kier alpha value is -3.27. The van der Waals surface area contributed by atoms with E-state index in [-0.39, 0.29) is 48.0 Å². The van der Waals surface area contributed by atoms with Crippen molar-refractivity contribution in [2.75, 3.05) is 46.3 Å². The molecule has 1 amide bonds. The van der Waals surface area contributed by atoms with Crippen molar-refractivity contribution in [2.45, 2.75) is 0 Å². The molecule has 10 heteroatoms. The van der Waals surface area contributed by atoms with Gasteiger partial charge in [-0.05, 0) is 6.07 Å². The summed E-state index contributed by atoms with van der Waals surface area (Å²) >= 11 is 0. The Balaban J connectivity index is 2.50. The maximum absolute atomic E-state index is 12.6. The van der Waals surface area contributed by atoms with Gasteiger partial charge in [-0.1, -0.05) is 0 Å². The molecule has 0 saturated heterocycles. The summed E-state index contributed by atoms with van der Waals surface area (Å²) in [4.78, 5) is 37.7. The molecule has 0 bridgehead atoms. The molecule has 0 saturated carbocycles. The number of ether oxygens (including phenoxy) is 3. The van der Waals surface area contributed by atoms with Gasteiger partial charge in [-0.3, -0.25) is 4.79 Å². The topological polar surface area (TPSA) is 135 Å².